The third-order valence-corrected chi connectivity index (χ3v) is 8.74. The summed E-state index contributed by atoms with van der Waals surface area (Å²) in [7, 11) is 0. The van der Waals surface area contributed by atoms with Crippen LogP contribution in [-0.2, 0) is 66.8 Å². The van der Waals surface area contributed by atoms with Crippen molar-refractivity contribution in [3.63, 3.8) is 0 Å². The van der Waals surface area contributed by atoms with Gasteiger partial charge in [0.1, 0.15) is 18.8 Å². The van der Waals surface area contributed by atoms with E-state index in [2.05, 4.69) is 21.3 Å². The van der Waals surface area contributed by atoms with Crippen molar-refractivity contribution in [1.82, 2.24) is 21.3 Å². The summed E-state index contributed by atoms with van der Waals surface area (Å²) in [5.74, 6) is -3.68. The van der Waals surface area contributed by atoms with E-state index < -0.39 is 60.4 Å². The molecule has 58 heavy (non-hydrogen) atoms. The van der Waals surface area contributed by atoms with Crippen LogP contribution in [0.15, 0.2) is 0 Å². The first-order valence-electron chi connectivity index (χ1n) is 20.3. The Hall–Kier alpha value is -4.36. The van der Waals surface area contributed by atoms with E-state index in [1.165, 1.54) is 13.8 Å². The molecule has 0 bridgehead atoms. The summed E-state index contributed by atoms with van der Waals surface area (Å²) >= 11 is 0. The number of esters is 3. The van der Waals surface area contributed by atoms with Gasteiger partial charge < -0.3 is 54.8 Å². The first kappa shape index (κ1) is 51.7. The van der Waals surface area contributed by atoms with Gasteiger partial charge in [0.05, 0.1) is 13.2 Å². The molecule has 1 heterocycles. The van der Waals surface area contributed by atoms with E-state index in [-0.39, 0.29) is 56.8 Å². The fourth-order valence-corrected chi connectivity index (χ4v) is 5.98. The summed E-state index contributed by atoms with van der Waals surface area (Å²) < 4.78 is 33.2. The lowest BCUT2D eigenvalue weighted by Gasteiger charge is -2.44. The highest BCUT2D eigenvalue weighted by atomic mass is 16.7. The minimum Gasteiger partial charge on any atom is -0.481 e. The molecule has 1 aliphatic heterocycles. The second-order valence-electron chi connectivity index (χ2n) is 14.0. The minimum atomic E-state index is -1.22. The zero-order valence-corrected chi connectivity index (χ0v) is 34.6. The predicted molar refractivity (Wildman–Crippen MR) is 207 cm³/mol. The van der Waals surface area contributed by atoms with Gasteiger partial charge in [0.2, 0.25) is 23.6 Å². The van der Waals surface area contributed by atoms with Crippen molar-refractivity contribution in [1.29, 1.82) is 0 Å². The highest BCUT2D eigenvalue weighted by Crippen LogP contribution is 2.28. The van der Waals surface area contributed by atoms with Crippen molar-refractivity contribution in [2.24, 2.45) is 0 Å². The molecule has 1 aliphatic rings. The van der Waals surface area contributed by atoms with E-state index in [9.17, 15) is 38.4 Å². The Kier molecular flexibility index (Phi) is 28.2. The van der Waals surface area contributed by atoms with Crippen LogP contribution in [0.4, 0.5) is 0 Å². The maximum Gasteiger partial charge on any atom is 0.303 e. The fraction of sp³-hybridized carbons (Fsp3) is 0.795. The third kappa shape index (κ3) is 26.5. The van der Waals surface area contributed by atoms with Crippen LogP contribution in [0.3, 0.4) is 0 Å². The number of hydrogen-bond donors (Lipinski definition) is 5. The van der Waals surface area contributed by atoms with E-state index in [1.807, 2.05) is 0 Å². The number of nitrogens with one attached hydrogen (secondary N) is 4. The van der Waals surface area contributed by atoms with Crippen molar-refractivity contribution >= 4 is 47.5 Å². The van der Waals surface area contributed by atoms with E-state index in [1.54, 1.807) is 0 Å². The van der Waals surface area contributed by atoms with Crippen LogP contribution < -0.4 is 21.3 Å². The van der Waals surface area contributed by atoms with Gasteiger partial charge in [0.25, 0.3) is 0 Å². The van der Waals surface area contributed by atoms with Gasteiger partial charge >= 0.3 is 23.9 Å². The number of amides is 4. The average Bonchev–Trinajstić information content (AvgIpc) is 3.14. The summed E-state index contributed by atoms with van der Waals surface area (Å²) in [5, 5.41) is 19.7. The summed E-state index contributed by atoms with van der Waals surface area (Å²) in [6, 6.07) is -1.08. The number of unbranched alkanes of at least 4 members (excludes halogenated alkanes) is 8. The van der Waals surface area contributed by atoms with Crippen molar-refractivity contribution < 1.29 is 71.9 Å². The number of rotatable bonds is 32. The van der Waals surface area contributed by atoms with Crippen LogP contribution in [0.25, 0.3) is 0 Å². The van der Waals surface area contributed by atoms with Crippen LogP contribution in [-0.4, -0.2) is 129 Å². The van der Waals surface area contributed by atoms with Crippen molar-refractivity contribution in [3.8, 4) is 0 Å². The Morgan fingerprint density at radius 3 is 1.62 bits per heavy atom. The number of carboxylic acid groups (broad SMARTS) is 1. The van der Waals surface area contributed by atoms with Crippen molar-refractivity contribution in [2.45, 2.75) is 155 Å². The summed E-state index contributed by atoms with van der Waals surface area (Å²) in [4.78, 5) is 94.3. The molecule has 5 N–H and O–H groups in total. The lowest BCUT2D eigenvalue weighted by atomic mass is 9.96. The number of carbonyl (C=O) groups is 8. The molecule has 0 spiro atoms. The molecule has 1 fully saturated rings. The molecule has 1 saturated heterocycles. The minimum absolute atomic E-state index is 0.0262. The van der Waals surface area contributed by atoms with Crippen LogP contribution in [0.2, 0.25) is 0 Å². The molecule has 19 nitrogen and oxygen atoms in total. The van der Waals surface area contributed by atoms with E-state index >= 15 is 0 Å². The van der Waals surface area contributed by atoms with Crippen LogP contribution in [0.5, 0.6) is 0 Å². The zero-order valence-electron chi connectivity index (χ0n) is 34.6. The van der Waals surface area contributed by atoms with Gasteiger partial charge in [-0.25, -0.2) is 0 Å². The number of carboxylic acids is 1. The standard InChI is InChI=1S/C39H66N4O15/c1-27(44)43-36-38(57-30(4)47)37(56-29(3)46)31(26-55-28(2)45)58-39(36)54-23-14-13-17-32(48)40-20-15-21-41-34(50)19-24-53-25-22-42-33(49)16-11-9-7-5-6-8-10-12-18-35(51)52/h31,36-39H,5-26H2,1-4H3,(H,40,48)(H,41,50)(H,42,49)(H,43,44)(H,51,52)/t31-,36-,37+,38-,39-/m1/s1. The highest BCUT2D eigenvalue weighted by Gasteiger charge is 2.51. The number of hydrogen-bond acceptors (Lipinski definition) is 14. The molecule has 0 aromatic carbocycles. The Labute approximate surface area is 341 Å². The third-order valence-electron chi connectivity index (χ3n) is 8.74. The summed E-state index contributed by atoms with van der Waals surface area (Å²) in [5.41, 5.74) is 0. The maximum atomic E-state index is 12.3. The molecule has 0 aliphatic carbocycles. The van der Waals surface area contributed by atoms with Gasteiger partial charge in [-0.1, -0.05) is 38.5 Å². The van der Waals surface area contributed by atoms with Crippen molar-refractivity contribution in [3.05, 3.63) is 0 Å². The van der Waals surface area contributed by atoms with Gasteiger partial charge in [-0.15, -0.1) is 0 Å². The summed E-state index contributed by atoms with van der Waals surface area (Å²) in [6.07, 6.45) is 5.50. The second kappa shape index (κ2) is 31.6. The number of aliphatic carboxylic acids is 1. The van der Waals surface area contributed by atoms with Gasteiger partial charge in [0, 0.05) is 79.6 Å². The normalized spacial score (nSPS) is 18.7. The molecule has 0 unspecified atom stereocenters. The molecule has 5 atom stereocenters. The largest absolute Gasteiger partial charge is 0.481 e. The zero-order chi connectivity index (χ0) is 43.1. The maximum absolute atomic E-state index is 12.3. The van der Waals surface area contributed by atoms with Crippen LogP contribution >= 0.6 is 0 Å². The monoisotopic (exact) mass is 830 g/mol. The number of carbonyl (C=O) groups excluding carboxylic acids is 7. The first-order chi connectivity index (χ1) is 27.7. The lowest BCUT2D eigenvalue weighted by Crippen LogP contribution is -2.66. The van der Waals surface area contributed by atoms with E-state index in [0.29, 0.717) is 51.9 Å². The average molecular weight is 831 g/mol. The number of ether oxygens (including phenoxy) is 6. The van der Waals surface area contributed by atoms with Gasteiger partial charge in [-0.3, -0.25) is 38.4 Å². The molecule has 0 saturated carbocycles. The summed E-state index contributed by atoms with van der Waals surface area (Å²) in [6.45, 7) is 6.11. The second-order valence-corrected chi connectivity index (χ2v) is 14.0. The molecule has 1 rings (SSSR count). The smallest absolute Gasteiger partial charge is 0.303 e. The SMILES string of the molecule is CC(=O)N[C@H]1[C@H](OCCCCC(=O)NCCCNC(=O)CCOCCNC(=O)CCCCCCCCCCC(=O)O)O[C@H](COC(C)=O)[C@H](OC(C)=O)[C@@H]1OC(C)=O. The topological polar surface area (TPSA) is 260 Å². The van der Waals surface area contributed by atoms with Crippen LogP contribution in [0.1, 0.15) is 124 Å². The molecule has 332 valence electrons. The van der Waals surface area contributed by atoms with Gasteiger partial charge in [-0.05, 0) is 32.1 Å². The van der Waals surface area contributed by atoms with Crippen molar-refractivity contribution in [2.75, 3.05) is 46.1 Å². The van der Waals surface area contributed by atoms with Gasteiger partial charge in [0.15, 0.2) is 18.5 Å². The quantitative estimate of drug-likeness (QED) is 0.0369. The molecule has 0 aromatic rings. The Morgan fingerprint density at radius 2 is 1.07 bits per heavy atom. The molecular formula is C39H66N4O15. The first-order valence-corrected chi connectivity index (χ1v) is 20.3. The molecular weight excluding hydrogens is 764 g/mol. The molecule has 0 radical (unpaired) electrons. The fourth-order valence-electron chi connectivity index (χ4n) is 5.98. The van der Waals surface area contributed by atoms with E-state index in [0.717, 1.165) is 65.2 Å². The van der Waals surface area contributed by atoms with E-state index in [4.69, 9.17) is 33.5 Å². The molecule has 0 aromatic heterocycles. The predicted octanol–water partition coefficient (Wildman–Crippen LogP) is 1.96. The van der Waals surface area contributed by atoms with Crippen LogP contribution in [0, 0.1) is 0 Å². The Bertz CT molecular complexity index is 1280. The Morgan fingerprint density at radius 1 is 0.552 bits per heavy atom. The Balaban J connectivity index is 2.21. The highest BCUT2D eigenvalue weighted by molar-refractivity contribution is 5.77. The lowest BCUT2D eigenvalue weighted by molar-refractivity contribution is -0.277. The molecule has 19 heteroatoms. The van der Waals surface area contributed by atoms with Gasteiger partial charge in [-0.2, -0.15) is 0 Å². The molecule has 4 amide bonds.